The predicted molar refractivity (Wildman–Crippen MR) is 121 cm³/mol. The van der Waals surface area contributed by atoms with Crippen LogP contribution in [0.15, 0.2) is 78.9 Å². The van der Waals surface area contributed by atoms with Crippen LogP contribution in [-0.2, 0) is 0 Å². The minimum Gasteiger partial charge on any atom is -0.369 e. The highest BCUT2D eigenvalue weighted by Gasteiger charge is 2.14. The summed E-state index contributed by atoms with van der Waals surface area (Å²) < 4.78 is 0. The van der Waals surface area contributed by atoms with Gasteiger partial charge in [-0.2, -0.15) is 0 Å². The van der Waals surface area contributed by atoms with E-state index in [-0.39, 0.29) is 6.03 Å². The summed E-state index contributed by atoms with van der Waals surface area (Å²) in [6.07, 6.45) is 0. The number of anilines is 3. The molecule has 1 aliphatic rings. The van der Waals surface area contributed by atoms with Crippen molar-refractivity contribution in [2.45, 2.75) is 0 Å². The largest absolute Gasteiger partial charge is 0.369 e. The van der Waals surface area contributed by atoms with Crippen LogP contribution < -0.4 is 15.5 Å². The minimum absolute atomic E-state index is 0.246. The molecule has 0 saturated carbocycles. The number of carbonyl (C=O) groups excluding carboxylic acids is 1. The molecule has 0 radical (unpaired) electrons. The lowest BCUT2D eigenvalue weighted by atomic mass is 10.1. The average Bonchev–Trinajstić information content (AvgIpc) is 2.76. The van der Waals surface area contributed by atoms with Crippen LogP contribution in [0.2, 0.25) is 0 Å². The van der Waals surface area contributed by atoms with Gasteiger partial charge in [-0.3, -0.25) is 0 Å². The highest BCUT2D eigenvalue weighted by molar-refractivity contribution is 6.00. The molecule has 0 atom stereocenters. The molecule has 4 rings (SSSR count). The molecule has 148 valence electrons. The van der Waals surface area contributed by atoms with Gasteiger partial charge in [-0.25, -0.2) is 4.79 Å². The first-order valence-corrected chi connectivity index (χ1v) is 9.94. The first-order chi connectivity index (χ1) is 14.2. The molecule has 3 aromatic rings. The summed E-state index contributed by atoms with van der Waals surface area (Å²) in [6, 6.07) is 25.8. The van der Waals surface area contributed by atoms with Gasteiger partial charge in [-0.15, -0.1) is 0 Å². The van der Waals surface area contributed by atoms with Crippen LogP contribution in [0.25, 0.3) is 11.1 Å². The van der Waals surface area contributed by atoms with E-state index >= 15 is 0 Å². The molecule has 1 heterocycles. The van der Waals surface area contributed by atoms with Gasteiger partial charge in [-0.05, 0) is 54.6 Å². The molecule has 1 fully saturated rings. The molecule has 1 aliphatic heterocycles. The predicted octanol–water partition coefficient (Wildman–Crippen LogP) is 4.75. The lowest BCUT2D eigenvalue weighted by Gasteiger charge is -2.34. The maximum atomic E-state index is 12.3. The summed E-state index contributed by atoms with van der Waals surface area (Å²) in [6.45, 7) is 4.21. The lowest BCUT2D eigenvalue weighted by molar-refractivity contribution is 0.262. The molecule has 5 heteroatoms. The molecule has 3 aromatic carbocycles. The Balaban J connectivity index is 1.32. The highest BCUT2D eigenvalue weighted by Crippen LogP contribution is 2.22. The molecule has 2 amide bonds. The molecule has 5 nitrogen and oxygen atoms in total. The van der Waals surface area contributed by atoms with Crippen LogP contribution in [0.1, 0.15) is 0 Å². The summed E-state index contributed by atoms with van der Waals surface area (Å²) in [7, 11) is 2.15. The highest BCUT2D eigenvalue weighted by atomic mass is 16.2. The van der Waals surface area contributed by atoms with Crippen molar-refractivity contribution in [3.05, 3.63) is 78.9 Å². The van der Waals surface area contributed by atoms with Crippen LogP contribution in [0, 0.1) is 0 Å². The third kappa shape index (κ3) is 4.95. The first-order valence-electron chi connectivity index (χ1n) is 9.94. The van der Waals surface area contributed by atoms with Crippen molar-refractivity contribution in [1.29, 1.82) is 0 Å². The Morgan fingerprint density at radius 3 is 1.79 bits per heavy atom. The number of hydrogen-bond donors (Lipinski definition) is 2. The van der Waals surface area contributed by atoms with Crippen molar-refractivity contribution >= 4 is 23.1 Å². The molecule has 0 spiro atoms. The number of nitrogens with zero attached hydrogens (tertiary/aromatic N) is 2. The van der Waals surface area contributed by atoms with Gasteiger partial charge in [0.2, 0.25) is 0 Å². The van der Waals surface area contributed by atoms with Crippen molar-refractivity contribution in [2.75, 3.05) is 48.8 Å². The second-order valence-electron chi connectivity index (χ2n) is 7.36. The van der Waals surface area contributed by atoms with Crippen molar-refractivity contribution in [3.8, 4) is 11.1 Å². The van der Waals surface area contributed by atoms with E-state index in [0.29, 0.717) is 0 Å². The average molecular weight is 386 g/mol. The number of urea groups is 1. The van der Waals surface area contributed by atoms with Crippen LogP contribution in [0.4, 0.5) is 21.9 Å². The van der Waals surface area contributed by atoms with Gasteiger partial charge < -0.3 is 20.4 Å². The number of benzene rings is 3. The van der Waals surface area contributed by atoms with Gasteiger partial charge >= 0.3 is 6.03 Å². The Bertz CT molecular complexity index is 931. The van der Waals surface area contributed by atoms with Gasteiger partial charge in [-0.1, -0.05) is 42.5 Å². The fourth-order valence-corrected chi connectivity index (χ4v) is 3.49. The summed E-state index contributed by atoms with van der Waals surface area (Å²) in [5, 5.41) is 5.78. The number of carbonyl (C=O) groups is 1. The van der Waals surface area contributed by atoms with Crippen molar-refractivity contribution < 1.29 is 4.79 Å². The molecule has 2 N–H and O–H groups in total. The monoisotopic (exact) mass is 386 g/mol. The van der Waals surface area contributed by atoms with Gasteiger partial charge in [0.15, 0.2) is 0 Å². The number of nitrogens with one attached hydrogen (secondary N) is 2. The molecular weight excluding hydrogens is 360 g/mol. The Kier molecular flexibility index (Phi) is 5.77. The molecule has 0 unspecified atom stereocenters. The summed E-state index contributed by atoms with van der Waals surface area (Å²) in [5.41, 5.74) is 5.01. The van der Waals surface area contributed by atoms with Crippen molar-refractivity contribution in [2.24, 2.45) is 0 Å². The van der Waals surface area contributed by atoms with Crippen molar-refractivity contribution in [1.82, 2.24) is 4.90 Å². The maximum Gasteiger partial charge on any atom is 0.323 e. The maximum absolute atomic E-state index is 12.3. The van der Waals surface area contributed by atoms with E-state index in [1.165, 1.54) is 5.69 Å². The van der Waals surface area contributed by atoms with E-state index in [9.17, 15) is 4.79 Å². The third-order valence-electron chi connectivity index (χ3n) is 5.24. The smallest absolute Gasteiger partial charge is 0.323 e. The summed E-state index contributed by atoms with van der Waals surface area (Å²) in [4.78, 5) is 17.0. The zero-order valence-corrected chi connectivity index (χ0v) is 16.6. The molecule has 1 saturated heterocycles. The Hall–Kier alpha value is -3.31. The molecule has 29 heavy (non-hydrogen) atoms. The number of rotatable bonds is 4. The quantitative estimate of drug-likeness (QED) is 0.680. The van der Waals surface area contributed by atoms with Crippen LogP contribution in [0.3, 0.4) is 0 Å². The van der Waals surface area contributed by atoms with Crippen LogP contribution in [-0.4, -0.2) is 44.2 Å². The van der Waals surface area contributed by atoms with Gasteiger partial charge in [0.05, 0.1) is 0 Å². The Morgan fingerprint density at radius 1 is 0.690 bits per heavy atom. The molecular formula is C24H26N4O. The van der Waals surface area contributed by atoms with Crippen LogP contribution in [0.5, 0.6) is 0 Å². The Morgan fingerprint density at radius 2 is 1.21 bits per heavy atom. The normalized spacial score (nSPS) is 14.4. The lowest BCUT2D eigenvalue weighted by Crippen LogP contribution is -2.44. The summed E-state index contributed by atoms with van der Waals surface area (Å²) in [5.74, 6) is 0. The molecule has 0 aromatic heterocycles. The molecule has 0 bridgehead atoms. The fourth-order valence-electron chi connectivity index (χ4n) is 3.49. The van der Waals surface area contributed by atoms with E-state index in [1.807, 2.05) is 54.6 Å². The zero-order chi connectivity index (χ0) is 20.1. The third-order valence-corrected chi connectivity index (χ3v) is 5.24. The zero-order valence-electron chi connectivity index (χ0n) is 16.6. The van der Waals surface area contributed by atoms with Gasteiger partial charge in [0.1, 0.15) is 0 Å². The van der Waals surface area contributed by atoms with Gasteiger partial charge in [0, 0.05) is 43.2 Å². The minimum atomic E-state index is -0.246. The second kappa shape index (κ2) is 8.80. The number of amides is 2. The fraction of sp³-hybridized carbons (Fsp3) is 0.208. The van der Waals surface area contributed by atoms with E-state index in [0.717, 1.165) is 48.7 Å². The van der Waals surface area contributed by atoms with E-state index < -0.39 is 0 Å². The second-order valence-corrected chi connectivity index (χ2v) is 7.36. The van der Waals surface area contributed by atoms with Crippen molar-refractivity contribution in [3.63, 3.8) is 0 Å². The van der Waals surface area contributed by atoms with E-state index in [1.54, 1.807) is 0 Å². The standard InChI is InChI=1S/C24H26N4O/c1-27-15-17-28(18-16-27)23-13-11-22(12-14-23)26-24(29)25-21-9-7-20(8-10-21)19-5-3-2-4-6-19/h2-14H,15-18H2,1H3,(H2,25,26,29). The van der Waals surface area contributed by atoms with Gasteiger partial charge in [0.25, 0.3) is 0 Å². The number of hydrogen-bond acceptors (Lipinski definition) is 3. The van der Waals surface area contributed by atoms with E-state index in [4.69, 9.17) is 0 Å². The number of likely N-dealkylation sites (N-methyl/N-ethyl adjacent to an activating group) is 1. The summed E-state index contributed by atoms with van der Waals surface area (Å²) >= 11 is 0. The van der Waals surface area contributed by atoms with Crippen LogP contribution >= 0.6 is 0 Å². The SMILES string of the molecule is CN1CCN(c2ccc(NC(=O)Nc3ccc(-c4ccccc4)cc3)cc2)CC1. The molecule has 0 aliphatic carbocycles. The first kappa shape index (κ1) is 19.0. The number of piperazine rings is 1. The Labute approximate surface area is 172 Å². The van der Waals surface area contributed by atoms with E-state index in [2.05, 4.69) is 51.7 Å². The topological polar surface area (TPSA) is 47.6 Å².